The van der Waals surface area contributed by atoms with Crippen molar-refractivity contribution in [1.29, 1.82) is 0 Å². The summed E-state index contributed by atoms with van der Waals surface area (Å²) in [5.74, 6) is -0.398. The van der Waals surface area contributed by atoms with Gasteiger partial charge in [-0.15, -0.1) is 0 Å². The first-order chi connectivity index (χ1) is 5.18. The molecule has 0 spiro atoms. The van der Waals surface area contributed by atoms with Gasteiger partial charge >= 0.3 is 0 Å². The molecule has 0 heterocycles. The molecular formula is C7H7FO2S. The Morgan fingerprint density at radius 3 is 2.82 bits per heavy atom. The maximum Gasteiger partial charge on any atom is 0.157 e. The van der Waals surface area contributed by atoms with Gasteiger partial charge in [-0.25, -0.2) is 8.60 Å². The third-order valence-corrected chi connectivity index (χ3v) is 1.76. The number of rotatable bonds is 2. The van der Waals surface area contributed by atoms with Gasteiger partial charge in [0, 0.05) is 0 Å². The van der Waals surface area contributed by atoms with Crippen molar-refractivity contribution in [2.45, 2.75) is 5.75 Å². The molecule has 0 aliphatic rings. The van der Waals surface area contributed by atoms with Gasteiger partial charge in [0.1, 0.15) is 5.82 Å². The van der Waals surface area contributed by atoms with Gasteiger partial charge < -0.3 is 4.55 Å². The second-order valence-electron chi connectivity index (χ2n) is 2.10. The zero-order valence-electron chi connectivity index (χ0n) is 5.66. The van der Waals surface area contributed by atoms with Crippen molar-refractivity contribution in [1.82, 2.24) is 0 Å². The van der Waals surface area contributed by atoms with Crippen LogP contribution in [-0.2, 0) is 16.8 Å². The summed E-state index contributed by atoms with van der Waals surface area (Å²) in [5, 5.41) is 0. The molecule has 4 heteroatoms. The third kappa shape index (κ3) is 2.78. The lowest BCUT2D eigenvalue weighted by atomic mass is 10.2. The van der Waals surface area contributed by atoms with Crippen LogP contribution in [-0.4, -0.2) is 8.76 Å². The van der Waals surface area contributed by atoms with Crippen LogP contribution in [0.2, 0.25) is 0 Å². The number of hydrogen-bond donors (Lipinski definition) is 1. The first-order valence-corrected chi connectivity index (χ1v) is 4.28. The molecule has 0 bridgehead atoms. The molecule has 60 valence electrons. The standard InChI is InChI=1S/C7H7FO2S/c8-7-3-1-2-6(4-7)5-11(9)10/h1-4H,5H2,(H,9,10). The molecule has 1 aromatic carbocycles. The highest BCUT2D eigenvalue weighted by molar-refractivity contribution is 7.78. The van der Waals surface area contributed by atoms with E-state index in [2.05, 4.69) is 0 Å². The fourth-order valence-electron chi connectivity index (χ4n) is 0.769. The van der Waals surface area contributed by atoms with E-state index in [1.165, 1.54) is 18.2 Å². The van der Waals surface area contributed by atoms with E-state index >= 15 is 0 Å². The zero-order chi connectivity index (χ0) is 8.27. The van der Waals surface area contributed by atoms with Gasteiger partial charge in [0.05, 0.1) is 5.75 Å². The Hall–Kier alpha value is -0.740. The molecule has 0 aliphatic carbocycles. The molecule has 0 aromatic heterocycles. The van der Waals surface area contributed by atoms with E-state index < -0.39 is 11.1 Å². The summed E-state index contributed by atoms with van der Waals surface area (Å²) >= 11 is -1.89. The summed E-state index contributed by atoms with van der Waals surface area (Å²) in [4.78, 5) is 0. The van der Waals surface area contributed by atoms with Gasteiger partial charge in [-0.1, -0.05) is 12.1 Å². The summed E-state index contributed by atoms with van der Waals surface area (Å²) in [6.45, 7) is 0. The highest BCUT2D eigenvalue weighted by Gasteiger charge is 1.97. The van der Waals surface area contributed by atoms with Crippen LogP contribution in [0.4, 0.5) is 4.39 Å². The van der Waals surface area contributed by atoms with Crippen molar-refractivity contribution in [2.75, 3.05) is 0 Å². The highest BCUT2D eigenvalue weighted by atomic mass is 32.2. The van der Waals surface area contributed by atoms with Gasteiger partial charge in [-0.3, -0.25) is 0 Å². The molecular weight excluding hydrogens is 167 g/mol. The summed E-state index contributed by atoms with van der Waals surface area (Å²) in [7, 11) is 0. The van der Waals surface area contributed by atoms with Gasteiger partial charge in [0.25, 0.3) is 0 Å². The molecule has 1 rings (SSSR count). The SMILES string of the molecule is O=S(O)Cc1cccc(F)c1. The molecule has 1 atom stereocenters. The largest absolute Gasteiger partial charge is 0.306 e. The Morgan fingerprint density at radius 1 is 1.55 bits per heavy atom. The Labute approximate surface area is 66.3 Å². The van der Waals surface area contributed by atoms with Crippen LogP contribution in [0.1, 0.15) is 5.56 Å². The van der Waals surface area contributed by atoms with Crippen molar-refractivity contribution >= 4 is 11.1 Å². The zero-order valence-corrected chi connectivity index (χ0v) is 6.47. The lowest BCUT2D eigenvalue weighted by Gasteiger charge is -1.95. The van der Waals surface area contributed by atoms with Crippen LogP contribution in [0.15, 0.2) is 24.3 Å². The molecule has 0 saturated heterocycles. The minimum Gasteiger partial charge on any atom is -0.306 e. The second-order valence-corrected chi connectivity index (χ2v) is 3.03. The maximum atomic E-state index is 12.4. The van der Waals surface area contributed by atoms with Crippen molar-refractivity contribution in [3.05, 3.63) is 35.6 Å². The smallest absolute Gasteiger partial charge is 0.157 e. The third-order valence-electron chi connectivity index (χ3n) is 1.18. The van der Waals surface area contributed by atoms with E-state index in [9.17, 15) is 8.60 Å². The minimum atomic E-state index is -1.89. The molecule has 1 N–H and O–H groups in total. The molecule has 1 unspecified atom stereocenters. The minimum absolute atomic E-state index is 0.0161. The summed E-state index contributed by atoms with van der Waals surface area (Å²) in [6, 6.07) is 5.66. The van der Waals surface area contributed by atoms with Crippen LogP contribution >= 0.6 is 0 Å². The molecule has 11 heavy (non-hydrogen) atoms. The molecule has 1 aromatic rings. The Morgan fingerprint density at radius 2 is 2.27 bits per heavy atom. The van der Waals surface area contributed by atoms with Crippen molar-refractivity contribution in [3.63, 3.8) is 0 Å². The van der Waals surface area contributed by atoms with Crippen LogP contribution in [0.5, 0.6) is 0 Å². The monoisotopic (exact) mass is 174 g/mol. The van der Waals surface area contributed by atoms with E-state index in [1.54, 1.807) is 6.07 Å². The van der Waals surface area contributed by atoms with Crippen LogP contribution < -0.4 is 0 Å². The summed E-state index contributed by atoms with van der Waals surface area (Å²) < 4.78 is 31.2. The van der Waals surface area contributed by atoms with Crippen molar-refractivity contribution in [2.24, 2.45) is 0 Å². The lowest BCUT2D eigenvalue weighted by Crippen LogP contribution is -1.92. The van der Waals surface area contributed by atoms with E-state index in [1.807, 2.05) is 0 Å². The van der Waals surface area contributed by atoms with E-state index in [-0.39, 0.29) is 11.6 Å². The molecule has 0 amide bonds. The van der Waals surface area contributed by atoms with E-state index in [0.29, 0.717) is 5.56 Å². The van der Waals surface area contributed by atoms with Crippen molar-refractivity contribution < 1.29 is 13.2 Å². The Bertz CT molecular complexity index is 275. The maximum absolute atomic E-state index is 12.4. The number of hydrogen-bond acceptors (Lipinski definition) is 1. The second kappa shape index (κ2) is 3.59. The van der Waals surface area contributed by atoms with Gasteiger partial charge in [0.15, 0.2) is 11.1 Å². The fourth-order valence-corrected chi connectivity index (χ4v) is 1.23. The first-order valence-electron chi connectivity index (χ1n) is 3.00. The van der Waals surface area contributed by atoms with Crippen molar-refractivity contribution in [3.8, 4) is 0 Å². The predicted molar refractivity (Wildman–Crippen MR) is 40.9 cm³/mol. The summed E-state index contributed by atoms with van der Waals surface area (Å²) in [6.07, 6.45) is 0. The average Bonchev–Trinajstić information content (AvgIpc) is 1.85. The Balaban J connectivity index is 2.79. The molecule has 0 aliphatic heterocycles. The first kappa shape index (κ1) is 8.36. The van der Waals surface area contributed by atoms with Crippen LogP contribution in [0.3, 0.4) is 0 Å². The highest BCUT2D eigenvalue weighted by Crippen LogP contribution is 2.04. The lowest BCUT2D eigenvalue weighted by molar-refractivity contribution is 0.563. The van der Waals surface area contributed by atoms with Gasteiger partial charge in [-0.05, 0) is 17.7 Å². The Kier molecular flexibility index (Phi) is 2.73. The predicted octanol–water partition coefficient (Wildman–Crippen LogP) is 1.55. The quantitative estimate of drug-likeness (QED) is 0.690. The number of halogens is 1. The summed E-state index contributed by atoms with van der Waals surface area (Å²) in [5.41, 5.74) is 0.533. The average molecular weight is 174 g/mol. The molecule has 0 fully saturated rings. The van der Waals surface area contributed by atoms with Gasteiger partial charge in [-0.2, -0.15) is 0 Å². The molecule has 0 radical (unpaired) electrons. The normalized spacial score (nSPS) is 12.9. The van der Waals surface area contributed by atoms with Crippen LogP contribution in [0, 0.1) is 5.82 Å². The van der Waals surface area contributed by atoms with E-state index in [4.69, 9.17) is 4.55 Å². The topological polar surface area (TPSA) is 37.3 Å². The molecule has 0 saturated carbocycles. The van der Waals surface area contributed by atoms with Crippen LogP contribution in [0.25, 0.3) is 0 Å². The van der Waals surface area contributed by atoms with Gasteiger partial charge in [0.2, 0.25) is 0 Å². The fraction of sp³-hybridized carbons (Fsp3) is 0.143. The van der Waals surface area contributed by atoms with E-state index in [0.717, 1.165) is 0 Å². The molecule has 2 nitrogen and oxygen atoms in total. The number of benzene rings is 1.